The van der Waals surface area contributed by atoms with E-state index in [1.165, 1.54) is 70.3 Å². The van der Waals surface area contributed by atoms with Crippen LogP contribution in [0.5, 0.6) is 0 Å². The zero-order valence-electron chi connectivity index (χ0n) is 16.0. The summed E-state index contributed by atoms with van der Waals surface area (Å²) in [6.07, 6.45) is 37.7. The van der Waals surface area contributed by atoms with Crippen LogP contribution in [0.1, 0.15) is 71.1 Å². The standard InChI is InChI=1S/C24H36O/c1-2-3-4-5-6-7-8-9-10-11-12-13-14-15-16-17-18-19-20-21-22-23-24-25/h12-24H,2-11H2,1H3. The zero-order chi connectivity index (χ0) is 18.3. The van der Waals surface area contributed by atoms with Gasteiger partial charge in [-0.3, -0.25) is 4.79 Å². The molecule has 0 aliphatic rings. The van der Waals surface area contributed by atoms with E-state index < -0.39 is 0 Å². The number of hydrogen-bond acceptors (Lipinski definition) is 1. The second-order valence-corrected chi connectivity index (χ2v) is 6.11. The molecule has 1 nitrogen and oxygen atoms in total. The highest BCUT2D eigenvalue weighted by Crippen LogP contribution is 2.10. The number of hydrogen-bond donors (Lipinski definition) is 0. The summed E-state index contributed by atoms with van der Waals surface area (Å²) in [7, 11) is 0. The summed E-state index contributed by atoms with van der Waals surface area (Å²) >= 11 is 0. The Bertz CT molecular complexity index is 447. The van der Waals surface area contributed by atoms with Gasteiger partial charge < -0.3 is 0 Å². The van der Waals surface area contributed by atoms with Crippen LogP contribution in [-0.4, -0.2) is 6.29 Å². The highest BCUT2D eigenvalue weighted by atomic mass is 16.1. The summed E-state index contributed by atoms with van der Waals surface area (Å²) in [6, 6.07) is 0. The molecule has 0 unspecified atom stereocenters. The fraction of sp³-hybridized carbons (Fsp3) is 0.458. The Hall–Kier alpha value is -1.89. The molecule has 1 heteroatoms. The van der Waals surface area contributed by atoms with Gasteiger partial charge in [0.05, 0.1) is 0 Å². The maximum atomic E-state index is 10.0. The van der Waals surface area contributed by atoms with E-state index in [1.807, 2.05) is 42.5 Å². The Kier molecular flexibility index (Phi) is 20.4. The first-order valence-corrected chi connectivity index (χ1v) is 9.85. The van der Waals surface area contributed by atoms with Crippen LogP contribution in [0.15, 0.2) is 72.9 Å². The fourth-order valence-electron chi connectivity index (χ4n) is 2.37. The molecular weight excluding hydrogens is 304 g/mol. The predicted molar refractivity (Wildman–Crippen MR) is 113 cm³/mol. The molecule has 0 saturated heterocycles. The lowest BCUT2D eigenvalue weighted by molar-refractivity contribution is -0.104. The average molecular weight is 341 g/mol. The first kappa shape index (κ1) is 23.1. The van der Waals surface area contributed by atoms with Gasteiger partial charge >= 0.3 is 0 Å². The van der Waals surface area contributed by atoms with Gasteiger partial charge in [0.25, 0.3) is 0 Å². The molecule has 0 spiro atoms. The van der Waals surface area contributed by atoms with Crippen molar-refractivity contribution in [2.75, 3.05) is 0 Å². The smallest absolute Gasteiger partial charge is 0.142 e. The van der Waals surface area contributed by atoms with Crippen LogP contribution in [-0.2, 0) is 4.79 Å². The molecule has 0 aromatic rings. The van der Waals surface area contributed by atoms with Crippen LogP contribution in [0.4, 0.5) is 0 Å². The fourth-order valence-corrected chi connectivity index (χ4v) is 2.37. The van der Waals surface area contributed by atoms with Crippen LogP contribution in [0.2, 0.25) is 0 Å². The summed E-state index contributed by atoms with van der Waals surface area (Å²) in [5.41, 5.74) is 0. The lowest BCUT2D eigenvalue weighted by Crippen LogP contribution is -1.80. The first-order chi connectivity index (χ1) is 12.4. The average Bonchev–Trinajstić information content (AvgIpc) is 2.63. The monoisotopic (exact) mass is 340 g/mol. The normalized spacial score (nSPS) is 13.0. The number of carbonyl (C=O) groups is 1. The predicted octanol–water partition coefficient (Wildman–Crippen LogP) is 7.44. The third kappa shape index (κ3) is 22.1. The van der Waals surface area contributed by atoms with Crippen LogP contribution in [0.25, 0.3) is 0 Å². The number of rotatable bonds is 16. The molecule has 0 aromatic carbocycles. The van der Waals surface area contributed by atoms with Gasteiger partial charge in [-0.2, -0.15) is 0 Å². The second-order valence-electron chi connectivity index (χ2n) is 6.11. The van der Waals surface area contributed by atoms with Crippen LogP contribution < -0.4 is 0 Å². The summed E-state index contributed by atoms with van der Waals surface area (Å²) in [5.74, 6) is 0. The van der Waals surface area contributed by atoms with Crippen molar-refractivity contribution in [3.63, 3.8) is 0 Å². The van der Waals surface area contributed by atoms with Gasteiger partial charge in [-0.1, -0.05) is 125 Å². The molecule has 0 aliphatic carbocycles. The minimum atomic E-state index is 0.766. The van der Waals surface area contributed by atoms with Crippen molar-refractivity contribution in [3.8, 4) is 0 Å². The van der Waals surface area contributed by atoms with Crippen LogP contribution in [0, 0.1) is 0 Å². The van der Waals surface area contributed by atoms with E-state index in [0.717, 1.165) is 6.29 Å². The zero-order valence-corrected chi connectivity index (χ0v) is 16.0. The molecule has 0 aliphatic heterocycles. The highest BCUT2D eigenvalue weighted by Gasteiger charge is 1.90. The number of aldehydes is 1. The summed E-state index contributed by atoms with van der Waals surface area (Å²) in [4.78, 5) is 10.0. The Morgan fingerprint density at radius 1 is 0.480 bits per heavy atom. The lowest BCUT2D eigenvalue weighted by Gasteiger charge is -2.00. The van der Waals surface area contributed by atoms with E-state index in [9.17, 15) is 4.79 Å². The van der Waals surface area contributed by atoms with Gasteiger partial charge in [0.2, 0.25) is 0 Å². The van der Waals surface area contributed by atoms with Crippen LogP contribution >= 0.6 is 0 Å². The molecule has 0 rings (SSSR count). The van der Waals surface area contributed by atoms with Crippen LogP contribution in [0.3, 0.4) is 0 Å². The maximum Gasteiger partial charge on any atom is 0.142 e. The van der Waals surface area contributed by atoms with Crippen molar-refractivity contribution >= 4 is 6.29 Å². The summed E-state index contributed by atoms with van der Waals surface area (Å²) in [6.45, 7) is 2.27. The molecule has 138 valence electrons. The van der Waals surface area contributed by atoms with Crippen molar-refractivity contribution in [2.45, 2.75) is 71.1 Å². The quantitative estimate of drug-likeness (QED) is 0.123. The molecule has 0 bridgehead atoms. The summed E-state index contributed by atoms with van der Waals surface area (Å²) < 4.78 is 0. The molecular formula is C24H36O. The second kappa shape index (κ2) is 22.1. The largest absolute Gasteiger partial charge is 0.299 e. The Morgan fingerprint density at radius 2 is 0.880 bits per heavy atom. The van der Waals surface area contributed by atoms with E-state index in [2.05, 4.69) is 25.2 Å². The van der Waals surface area contributed by atoms with E-state index in [1.54, 1.807) is 6.08 Å². The topological polar surface area (TPSA) is 17.1 Å². The van der Waals surface area contributed by atoms with E-state index in [4.69, 9.17) is 0 Å². The Morgan fingerprint density at radius 3 is 1.36 bits per heavy atom. The number of carbonyl (C=O) groups excluding carboxylic acids is 1. The molecule has 0 atom stereocenters. The van der Waals surface area contributed by atoms with Crippen molar-refractivity contribution in [3.05, 3.63) is 72.9 Å². The van der Waals surface area contributed by atoms with Crippen molar-refractivity contribution in [1.82, 2.24) is 0 Å². The van der Waals surface area contributed by atoms with Gasteiger partial charge in [-0.25, -0.2) is 0 Å². The van der Waals surface area contributed by atoms with Gasteiger partial charge in [0.1, 0.15) is 6.29 Å². The minimum absolute atomic E-state index is 0.766. The number of unbranched alkanes of at least 4 members (excludes halogenated alkanes) is 9. The van der Waals surface area contributed by atoms with Crippen molar-refractivity contribution in [1.29, 1.82) is 0 Å². The molecule has 0 aromatic heterocycles. The molecule has 0 amide bonds. The summed E-state index contributed by atoms with van der Waals surface area (Å²) in [5, 5.41) is 0. The number of allylic oxidation sites excluding steroid dienone is 12. The van der Waals surface area contributed by atoms with E-state index in [-0.39, 0.29) is 0 Å². The molecule has 0 saturated carbocycles. The van der Waals surface area contributed by atoms with Gasteiger partial charge in [0, 0.05) is 0 Å². The van der Waals surface area contributed by atoms with Gasteiger partial charge in [0.15, 0.2) is 0 Å². The Balaban J connectivity index is 3.46. The molecule has 0 heterocycles. The van der Waals surface area contributed by atoms with Gasteiger partial charge in [-0.15, -0.1) is 0 Å². The first-order valence-electron chi connectivity index (χ1n) is 9.85. The highest BCUT2D eigenvalue weighted by molar-refractivity contribution is 5.65. The minimum Gasteiger partial charge on any atom is -0.299 e. The third-order valence-electron chi connectivity index (χ3n) is 3.80. The Labute approximate surface area is 155 Å². The molecule has 0 radical (unpaired) electrons. The van der Waals surface area contributed by atoms with Gasteiger partial charge in [-0.05, 0) is 18.9 Å². The molecule has 25 heavy (non-hydrogen) atoms. The molecule has 0 fully saturated rings. The van der Waals surface area contributed by atoms with Crippen molar-refractivity contribution < 1.29 is 4.79 Å². The maximum absolute atomic E-state index is 10.0. The van der Waals surface area contributed by atoms with Crippen molar-refractivity contribution in [2.24, 2.45) is 0 Å². The molecule has 0 N–H and O–H groups in total. The third-order valence-corrected chi connectivity index (χ3v) is 3.80. The van der Waals surface area contributed by atoms with E-state index in [0.29, 0.717) is 0 Å². The SMILES string of the molecule is CCCCCCCCCCCC=CC=CC=CC=CC=CC=CC=O. The van der Waals surface area contributed by atoms with E-state index >= 15 is 0 Å². The lowest BCUT2D eigenvalue weighted by atomic mass is 10.1.